The van der Waals surface area contributed by atoms with Gasteiger partial charge in [0.25, 0.3) is 0 Å². The molecular weight excluding hydrogens is 286 g/mol. The van der Waals surface area contributed by atoms with E-state index in [1.165, 1.54) is 6.42 Å². The Morgan fingerprint density at radius 1 is 1.29 bits per heavy atom. The number of nitrogens with one attached hydrogen (secondary N) is 1. The highest BCUT2D eigenvalue weighted by Gasteiger charge is 2.27. The quantitative estimate of drug-likeness (QED) is 0.871. The summed E-state index contributed by atoms with van der Waals surface area (Å²) in [5.41, 5.74) is 0.932. The predicted octanol–water partition coefficient (Wildman–Crippen LogP) is 2.02. The van der Waals surface area contributed by atoms with Crippen molar-refractivity contribution in [1.29, 1.82) is 5.26 Å². The van der Waals surface area contributed by atoms with Crippen LogP contribution in [-0.2, 0) is 16.4 Å². The molecule has 1 saturated carbocycles. The predicted molar refractivity (Wildman–Crippen MR) is 80.8 cm³/mol. The van der Waals surface area contributed by atoms with E-state index in [-0.39, 0.29) is 11.7 Å². The minimum absolute atomic E-state index is 0.00190. The molecule has 6 heteroatoms. The van der Waals surface area contributed by atoms with Crippen LogP contribution in [0.25, 0.3) is 0 Å². The highest BCUT2D eigenvalue weighted by atomic mass is 32.2. The fraction of sp³-hybridized carbons (Fsp3) is 0.600. The second-order valence-corrected chi connectivity index (χ2v) is 7.42. The molecule has 0 aromatic carbocycles. The highest BCUT2D eigenvalue weighted by molar-refractivity contribution is 7.89. The van der Waals surface area contributed by atoms with Crippen LogP contribution in [0.3, 0.4) is 0 Å². The third-order valence-electron chi connectivity index (χ3n) is 3.98. The number of aromatic nitrogens is 1. The van der Waals surface area contributed by atoms with Gasteiger partial charge in [-0.2, -0.15) is 9.98 Å². The molecule has 1 heterocycles. The van der Waals surface area contributed by atoms with Crippen LogP contribution >= 0.6 is 0 Å². The van der Waals surface area contributed by atoms with E-state index in [0.29, 0.717) is 6.42 Å². The summed E-state index contributed by atoms with van der Waals surface area (Å²) in [5, 5.41) is 9.24. The summed E-state index contributed by atoms with van der Waals surface area (Å²) in [7, 11) is -3.43. The Kier molecular flexibility index (Phi) is 5.71. The van der Waals surface area contributed by atoms with Crippen molar-refractivity contribution in [1.82, 2.24) is 9.71 Å². The first kappa shape index (κ1) is 15.9. The molecule has 1 N–H and O–H groups in total. The molecule has 2 rings (SSSR count). The molecule has 5 nitrogen and oxygen atoms in total. The molecule has 21 heavy (non-hydrogen) atoms. The summed E-state index contributed by atoms with van der Waals surface area (Å²) in [5.74, 6) is 0.154. The second-order valence-electron chi connectivity index (χ2n) is 5.55. The first-order valence-corrected chi connectivity index (χ1v) is 9.04. The number of nitriles is 1. The van der Waals surface area contributed by atoms with E-state index in [1.807, 2.05) is 0 Å². The summed E-state index contributed by atoms with van der Waals surface area (Å²) >= 11 is 0. The Bertz CT molecular complexity index is 575. The third kappa shape index (κ3) is 5.10. The maximum Gasteiger partial charge on any atom is 0.213 e. The minimum atomic E-state index is -3.43. The molecule has 1 aromatic heterocycles. The van der Waals surface area contributed by atoms with E-state index in [9.17, 15) is 13.7 Å². The lowest BCUT2D eigenvalue weighted by atomic mass is 9.85. The molecule has 1 aromatic rings. The van der Waals surface area contributed by atoms with Gasteiger partial charge in [0.1, 0.15) is 6.04 Å². The number of hydrogen-bond acceptors (Lipinski definition) is 4. The van der Waals surface area contributed by atoms with E-state index in [0.717, 1.165) is 31.2 Å². The van der Waals surface area contributed by atoms with Gasteiger partial charge in [-0.15, -0.1) is 0 Å². The van der Waals surface area contributed by atoms with Crippen LogP contribution < -0.4 is 4.72 Å². The number of aryl methyl sites for hydroxylation is 1. The van der Waals surface area contributed by atoms with Gasteiger partial charge in [0.05, 0.1) is 11.8 Å². The van der Waals surface area contributed by atoms with Crippen molar-refractivity contribution in [2.45, 2.75) is 44.6 Å². The fourth-order valence-electron chi connectivity index (χ4n) is 2.75. The van der Waals surface area contributed by atoms with Crippen molar-refractivity contribution in [3.63, 3.8) is 0 Å². The van der Waals surface area contributed by atoms with Crippen molar-refractivity contribution in [3.05, 3.63) is 30.1 Å². The molecule has 1 aliphatic carbocycles. The second kappa shape index (κ2) is 7.53. The highest BCUT2D eigenvalue weighted by Crippen LogP contribution is 2.26. The van der Waals surface area contributed by atoms with Crippen molar-refractivity contribution < 1.29 is 8.42 Å². The summed E-state index contributed by atoms with van der Waals surface area (Å²) in [6.45, 7) is 0. The molecular formula is C15H21N3O2S. The van der Waals surface area contributed by atoms with Gasteiger partial charge in [0, 0.05) is 12.4 Å². The standard InChI is InChI=1S/C15H21N3O2S/c16-12-15(14-4-2-1-3-5-14)18-21(19,20)11-8-13-6-9-17-10-7-13/h6-7,9-10,14-15,18H,1-5,8,11H2. The zero-order valence-electron chi connectivity index (χ0n) is 12.0. The molecule has 0 spiro atoms. The number of hydrogen-bond donors (Lipinski definition) is 1. The van der Waals surface area contributed by atoms with Gasteiger partial charge in [0.15, 0.2) is 0 Å². The van der Waals surface area contributed by atoms with E-state index in [1.54, 1.807) is 24.5 Å². The Labute approximate surface area is 126 Å². The Morgan fingerprint density at radius 2 is 1.95 bits per heavy atom. The average molecular weight is 307 g/mol. The topological polar surface area (TPSA) is 82.9 Å². The lowest BCUT2D eigenvalue weighted by Gasteiger charge is -2.26. The lowest BCUT2D eigenvalue weighted by molar-refractivity contribution is 0.324. The summed E-state index contributed by atoms with van der Waals surface area (Å²) < 4.78 is 26.9. The Hall–Kier alpha value is -1.45. The zero-order chi connectivity index (χ0) is 15.1. The largest absolute Gasteiger partial charge is 0.265 e. The molecule has 114 valence electrons. The van der Waals surface area contributed by atoms with E-state index in [2.05, 4.69) is 15.8 Å². The first-order chi connectivity index (χ1) is 10.1. The molecule has 1 aliphatic rings. The van der Waals surface area contributed by atoms with E-state index < -0.39 is 16.1 Å². The normalized spacial score (nSPS) is 18.0. The molecule has 1 fully saturated rings. The van der Waals surface area contributed by atoms with Gasteiger partial charge >= 0.3 is 0 Å². The fourth-order valence-corrected chi connectivity index (χ4v) is 4.00. The molecule has 0 amide bonds. The maximum atomic E-state index is 12.1. The van der Waals surface area contributed by atoms with Gasteiger partial charge in [-0.25, -0.2) is 8.42 Å². The van der Waals surface area contributed by atoms with Crippen molar-refractivity contribution >= 4 is 10.0 Å². The van der Waals surface area contributed by atoms with Crippen LogP contribution in [0, 0.1) is 17.2 Å². The maximum absolute atomic E-state index is 12.1. The van der Waals surface area contributed by atoms with Crippen LogP contribution in [0.5, 0.6) is 0 Å². The van der Waals surface area contributed by atoms with Crippen LogP contribution in [0.4, 0.5) is 0 Å². The third-order valence-corrected chi connectivity index (χ3v) is 5.33. The smallest absolute Gasteiger partial charge is 0.213 e. The van der Waals surface area contributed by atoms with Gasteiger partial charge in [0.2, 0.25) is 10.0 Å². The lowest BCUT2D eigenvalue weighted by Crippen LogP contribution is -2.41. The molecule has 0 aliphatic heterocycles. The summed E-state index contributed by atoms with van der Waals surface area (Å²) in [6.07, 6.45) is 8.95. The Balaban J connectivity index is 1.91. The van der Waals surface area contributed by atoms with Gasteiger partial charge in [-0.3, -0.25) is 4.98 Å². The van der Waals surface area contributed by atoms with E-state index in [4.69, 9.17) is 0 Å². The molecule has 1 atom stereocenters. The van der Waals surface area contributed by atoms with Gasteiger partial charge in [-0.05, 0) is 42.9 Å². The monoisotopic (exact) mass is 307 g/mol. The number of pyridine rings is 1. The van der Waals surface area contributed by atoms with Crippen molar-refractivity contribution in [2.24, 2.45) is 5.92 Å². The van der Waals surface area contributed by atoms with Crippen molar-refractivity contribution in [3.8, 4) is 6.07 Å². The van der Waals surface area contributed by atoms with Crippen LogP contribution in [-0.4, -0.2) is 25.2 Å². The van der Waals surface area contributed by atoms with Crippen molar-refractivity contribution in [2.75, 3.05) is 5.75 Å². The van der Waals surface area contributed by atoms with Crippen LogP contribution in [0.15, 0.2) is 24.5 Å². The molecule has 0 saturated heterocycles. The van der Waals surface area contributed by atoms with E-state index >= 15 is 0 Å². The summed E-state index contributed by atoms with van der Waals surface area (Å²) in [4.78, 5) is 3.90. The first-order valence-electron chi connectivity index (χ1n) is 7.39. The molecule has 0 radical (unpaired) electrons. The average Bonchev–Trinajstić information content (AvgIpc) is 2.53. The molecule has 1 unspecified atom stereocenters. The summed E-state index contributed by atoms with van der Waals surface area (Å²) in [6, 6.07) is 5.14. The van der Waals surface area contributed by atoms with Gasteiger partial charge < -0.3 is 0 Å². The molecule has 0 bridgehead atoms. The van der Waals surface area contributed by atoms with Crippen LogP contribution in [0.1, 0.15) is 37.7 Å². The Morgan fingerprint density at radius 3 is 2.57 bits per heavy atom. The van der Waals surface area contributed by atoms with Crippen LogP contribution in [0.2, 0.25) is 0 Å². The SMILES string of the molecule is N#CC(NS(=O)(=O)CCc1ccncc1)C1CCCCC1. The zero-order valence-corrected chi connectivity index (χ0v) is 12.8. The van der Waals surface area contributed by atoms with Gasteiger partial charge in [-0.1, -0.05) is 19.3 Å². The number of nitrogens with zero attached hydrogens (tertiary/aromatic N) is 2. The number of sulfonamides is 1. The minimum Gasteiger partial charge on any atom is -0.265 e. The number of rotatable bonds is 6.